The second-order valence-corrected chi connectivity index (χ2v) is 3.32. The highest BCUT2D eigenvalue weighted by Gasteiger charge is 2.06. The first-order chi connectivity index (χ1) is 7.66. The van der Waals surface area contributed by atoms with Crippen LogP contribution in [0.2, 0.25) is 0 Å². The molecule has 0 saturated carbocycles. The van der Waals surface area contributed by atoms with Gasteiger partial charge in [0.05, 0.1) is 6.54 Å². The zero-order valence-electron chi connectivity index (χ0n) is 9.06. The van der Waals surface area contributed by atoms with Crippen molar-refractivity contribution < 1.29 is 4.52 Å². The number of nitrogens with two attached hydrogens (primary N) is 1. The highest BCUT2D eigenvalue weighted by molar-refractivity contribution is 5.53. The van der Waals surface area contributed by atoms with Gasteiger partial charge in [-0.05, 0) is 6.92 Å². The lowest BCUT2D eigenvalue weighted by Gasteiger charge is -2.06. The maximum atomic E-state index is 5.65. The monoisotopic (exact) mass is 220 g/mol. The van der Waals surface area contributed by atoms with Crippen molar-refractivity contribution in [2.45, 2.75) is 20.4 Å². The van der Waals surface area contributed by atoms with E-state index in [9.17, 15) is 0 Å². The van der Waals surface area contributed by atoms with Crippen LogP contribution >= 0.6 is 0 Å². The van der Waals surface area contributed by atoms with E-state index in [4.69, 9.17) is 10.3 Å². The van der Waals surface area contributed by atoms with Crippen LogP contribution in [0.25, 0.3) is 0 Å². The Bertz CT molecular complexity index is 494. The molecule has 0 amide bonds. The summed E-state index contributed by atoms with van der Waals surface area (Å²) in [4.78, 5) is 12.0. The van der Waals surface area contributed by atoms with Gasteiger partial charge < -0.3 is 15.6 Å². The SMILES string of the molecule is Cc1nc(CNc2ncnc(N)c2C)no1. The van der Waals surface area contributed by atoms with E-state index in [1.54, 1.807) is 6.92 Å². The summed E-state index contributed by atoms with van der Waals surface area (Å²) in [6, 6.07) is 0. The summed E-state index contributed by atoms with van der Waals surface area (Å²) in [5, 5.41) is 6.83. The van der Waals surface area contributed by atoms with Gasteiger partial charge in [-0.2, -0.15) is 4.98 Å². The number of nitrogen functional groups attached to an aromatic ring is 1. The van der Waals surface area contributed by atoms with Gasteiger partial charge >= 0.3 is 0 Å². The lowest BCUT2D eigenvalue weighted by Crippen LogP contribution is -2.07. The molecule has 0 unspecified atom stereocenters. The number of rotatable bonds is 3. The minimum Gasteiger partial charge on any atom is -0.383 e. The molecule has 0 radical (unpaired) electrons. The van der Waals surface area contributed by atoms with Gasteiger partial charge in [-0.15, -0.1) is 0 Å². The molecule has 0 saturated heterocycles. The van der Waals surface area contributed by atoms with Crippen LogP contribution in [0.15, 0.2) is 10.9 Å². The maximum absolute atomic E-state index is 5.65. The summed E-state index contributed by atoms with van der Waals surface area (Å²) in [6.07, 6.45) is 1.41. The fraction of sp³-hybridized carbons (Fsp3) is 0.333. The van der Waals surface area contributed by atoms with Crippen molar-refractivity contribution in [2.75, 3.05) is 11.1 Å². The Balaban J connectivity index is 2.07. The van der Waals surface area contributed by atoms with E-state index in [-0.39, 0.29) is 0 Å². The minimum atomic E-state index is 0.439. The Morgan fingerprint density at radius 3 is 2.88 bits per heavy atom. The summed E-state index contributed by atoms with van der Waals surface area (Å²) in [6.45, 7) is 4.03. The standard InChI is InChI=1S/C9H12N6O/c1-5-8(10)12-4-13-9(5)11-3-7-14-6(2)16-15-7/h4H,3H2,1-2H3,(H3,10,11,12,13). The molecule has 7 nitrogen and oxygen atoms in total. The topological polar surface area (TPSA) is 103 Å². The van der Waals surface area contributed by atoms with Crippen LogP contribution in [0.1, 0.15) is 17.3 Å². The van der Waals surface area contributed by atoms with Crippen LogP contribution in [-0.4, -0.2) is 20.1 Å². The number of nitrogens with zero attached hydrogens (tertiary/aromatic N) is 4. The normalized spacial score (nSPS) is 10.4. The van der Waals surface area contributed by atoms with Gasteiger partial charge in [0.25, 0.3) is 0 Å². The zero-order chi connectivity index (χ0) is 11.5. The molecule has 84 valence electrons. The van der Waals surface area contributed by atoms with Crippen molar-refractivity contribution in [1.82, 2.24) is 20.1 Å². The van der Waals surface area contributed by atoms with Crippen LogP contribution in [-0.2, 0) is 6.54 Å². The number of hydrogen-bond donors (Lipinski definition) is 2. The Kier molecular flexibility index (Phi) is 2.67. The van der Waals surface area contributed by atoms with Crippen molar-refractivity contribution in [1.29, 1.82) is 0 Å². The summed E-state index contributed by atoms with van der Waals surface area (Å²) in [7, 11) is 0. The molecule has 2 rings (SSSR count). The second-order valence-electron chi connectivity index (χ2n) is 3.32. The third-order valence-corrected chi connectivity index (χ3v) is 2.11. The molecule has 0 aliphatic carbocycles. The molecule has 0 spiro atoms. The lowest BCUT2D eigenvalue weighted by molar-refractivity contribution is 0.388. The predicted octanol–water partition coefficient (Wildman–Crippen LogP) is 0.671. The first-order valence-corrected chi connectivity index (χ1v) is 4.77. The van der Waals surface area contributed by atoms with Gasteiger partial charge in [0, 0.05) is 12.5 Å². The van der Waals surface area contributed by atoms with E-state index < -0.39 is 0 Å². The molecular formula is C9H12N6O. The largest absolute Gasteiger partial charge is 0.383 e. The molecule has 3 N–H and O–H groups in total. The zero-order valence-corrected chi connectivity index (χ0v) is 9.06. The van der Waals surface area contributed by atoms with E-state index in [1.165, 1.54) is 6.33 Å². The van der Waals surface area contributed by atoms with Gasteiger partial charge in [0.1, 0.15) is 18.0 Å². The van der Waals surface area contributed by atoms with Crippen LogP contribution < -0.4 is 11.1 Å². The quantitative estimate of drug-likeness (QED) is 0.783. The molecule has 0 aliphatic heterocycles. The first-order valence-electron chi connectivity index (χ1n) is 4.77. The van der Waals surface area contributed by atoms with E-state index in [2.05, 4.69) is 25.4 Å². The molecular weight excluding hydrogens is 208 g/mol. The van der Waals surface area contributed by atoms with E-state index in [0.717, 1.165) is 5.56 Å². The molecule has 0 aromatic carbocycles. The molecule has 2 aromatic rings. The number of aryl methyl sites for hydroxylation is 1. The van der Waals surface area contributed by atoms with Crippen molar-refractivity contribution in [3.63, 3.8) is 0 Å². The van der Waals surface area contributed by atoms with E-state index in [0.29, 0.717) is 29.9 Å². The van der Waals surface area contributed by atoms with Crippen LogP contribution in [0.3, 0.4) is 0 Å². The van der Waals surface area contributed by atoms with Crippen LogP contribution in [0, 0.1) is 13.8 Å². The summed E-state index contributed by atoms with van der Waals surface area (Å²) >= 11 is 0. The van der Waals surface area contributed by atoms with E-state index >= 15 is 0 Å². The average molecular weight is 220 g/mol. The minimum absolute atomic E-state index is 0.439. The van der Waals surface area contributed by atoms with Gasteiger partial charge in [-0.1, -0.05) is 5.16 Å². The van der Waals surface area contributed by atoms with Crippen molar-refractivity contribution in [2.24, 2.45) is 0 Å². The average Bonchev–Trinajstić information content (AvgIpc) is 2.67. The van der Waals surface area contributed by atoms with Gasteiger partial charge in [-0.3, -0.25) is 0 Å². The Labute approximate surface area is 92.1 Å². The van der Waals surface area contributed by atoms with Crippen LogP contribution in [0.5, 0.6) is 0 Å². The summed E-state index contributed by atoms with van der Waals surface area (Å²) < 4.78 is 4.85. The Morgan fingerprint density at radius 1 is 1.38 bits per heavy atom. The third kappa shape index (κ3) is 2.08. The fourth-order valence-electron chi connectivity index (χ4n) is 1.22. The number of nitrogens with one attached hydrogen (secondary N) is 1. The smallest absolute Gasteiger partial charge is 0.223 e. The summed E-state index contributed by atoms with van der Waals surface area (Å²) in [5.41, 5.74) is 6.46. The molecule has 2 heterocycles. The predicted molar refractivity (Wildman–Crippen MR) is 57.5 cm³/mol. The molecule has 0 bridgehead atoms. The Morgan fingerprint density at radius 2 is 2.19 bits per heavy atom. The number of anilines is 2. The third-order valence-electron chi connectivity index (χ3n) is 2.11. The second kappa shape index (κ2) is 4.13. The molecule has 0 aliphatic rings. The van der Waals surface area contributed by atoms with Crippen molar-refractivity contribution in [3.8, 4) is 0 Å². The highest BCUT2D eigenvalue weighted by atomic mass is 16.5. The highest BCUT2D eigenvalue weighted by Crippen LogP contribution is 2.15. The molecule has 0 atom stereocenters. The van der Waals surface area contributed by atoms with Crippen molar-refractivity contribution >= 4 is 11.6 Å². The molecule has 0 fully saturated rings. The number of hydrogen-bond acceptors (Lipinski definition) is 7. The van der Waals surface area contributed by atoms with Crippen molar-refractivity contribution in [3.05, 3.63) is 23.6 Å². The molecule has 7 heteroatoms. The molecule has 16 heavy (non-hydrogen) atoms. The maximum Gasteiger partial charge on any atom is 0.223 e. The van der Waals surface area contributed by atoms with Gasteiger partial charge in [0.2, 0.25) is 5.89 Å². The van der Waals surface area contributed by atoms with E-state index in [1.807, 2.05) is 6.92 Å². The van der Waals surface area contributed by atoms with Gasteiger partial charge in [-0.25, -0.2) is 9.97 Å². The van der Waals surface area contributed by atoms with Crippen LogP contribution in [0.4, 0.5) is 11.6 Å². The Hall–Kier alpha value is -2.18. The lowest BCUT2D eigenvalue weighted by atomic mass is 10.3. The number of aromatic nitrogens is 4. The first kappa shape index (κ1) is 10.3. The fourth-order valence-corrected chi connectivity index (χ4v) is 1.22. The summed E-state index contributed by atoms with van der Waals surface area (Å²) in [5.74, 6) is 2.25. The van der Waals surface area contributed by atoms with Gasteiger partial charge in [0.15, 0.2) is 5.82 Å². The molecule has 2 aromatic heterocycles.